The molecular formula is C16H25N3O2S. The van der Waals surface area contributed by atoms with Gasteiger partial charge in [-0.3, -0.25) is 0 Å². The average Bonchev–Trinajstić information content (AvgIpc) is 3.19. The van der Waals surface area contributed by atoms with E-state index in [9.17, 15) is 9.90 Å². The number of aliphatic hydroxyl groups is 1. The Morgan fingerprint density at radius 3 is 3.00 bits per heavy atom. The molecule has 2 saturated carbocycles. The summed E-state index contributed by atoms with van der Waals surface area (Å²) >= 11 is 1.68. The first kappa shape index (κ1) is 15.7. The van der Waals surface area contributed by atoms with E-state index in [1.165, 1.54) is 19.3 Å². The zero-order chi connectivity index (χ0) is 15.5. The fraction of sp³-hybridized carbons (Fsp3) is 0.750. The zero-order valence-corrected chi connectivity index (χ0v) is 13.9. The van der Waals surface area contributed by atoms with Gasteiger partial charge in [-0.05, 0) is 44.4 Å². The minimum atomic E-state index is -0.0914. The first-order valence-electron chi connectivity index (χ1n) is 8.23. The van der Waals surface area contributed by atoms with E-state index in [0.29, 0.717) is 18.4 Å². The number of fused-ring (bicyclic) bond motifs is 2. The summed E-state index contributed by atoms with van der Waals surface area (Å²) in [7, 11) is 0. The molecule has 3 N–H and O–H groups in total. The van der Waals surface area contributed by atoms with Crippen LogP contribution < -0.4 is 10.6 Å². The van der Waals surface area contributed by atoms with Crippen molar-refractivity contribution in [2.75, 3.05) is 13.2 Å². The van der Waals surface area contributed by atoms with Crippen LogP contribution in [0.5, 0.6) is 0 Å². The van der Waals surface area contributed by atoms with Crippen LogP contribution in [0.2, 0.25) is 0 Å². The third kappa shape index (κ3) is 3.43. The Kier molecular flexibility index (Phi) is 4.98. The average molecular weight is 323 g/mol. The highest BCUT2D eigenvalue weighted by Gasteiger charge is 2.47. The van der Waals surface area contributed by atoms with E-state index in [1.807, 2.05) is 6.92 Å². The van der Waals surface area contributed by atoms with Crippen molar-refractivity contribution < 1.29 is 9.90 Å². The van der Waals surface area contributed by atoms with Crippen molar-refractivity contribution in [3.63, 3.8) is 0 Å². The second-order valence-electron chi connectivity index (χ2n) is 6.59. The van der Waals surface area contributed by atoms with Crippen LogP contribution in [-0.4, -0.2) is 35.3 Å². The molecule has 2 amide bonds. The maximum Gasteiger partial charge on any atom is 0.315 e. The summed E-state index contributed by atoms with van der Waals surface area (Å²) in [5.74, 6) is 1.42. The molecule has 0 saturated heterocycles. The highest BCUT2D eigenvalue weighted by molar-refractivity contribution is 7.09. The fourth-order valence-electron chi connectivity index (χ4n) is 4.06. The number of hydrogen-bond acceptors (Lipinski definition) is 4. The molecule has 6 heteroatoms. The smallest absolute Gasteiger partial charge is 0.315 e. The van der Waals surface area contributed by atoms with E-state index in [4.69, 9.17) is 0 Å². The minimum absolute atomic E-state index is 0.0914. The van der Waals surface area contributed by atoms with Crippen molar-refractivity contribution in [2.24, 2.45) is 17.8 Å². The largest absolute Gasteiger partial charge is 0.396 e. The molecule has 0 spiro atoms. The number of urea groups is 1. The monoisotopic (exact) mass is 323 g/mol. The summed E-state index contributed by atoms with van der Waals surface area (Å²) in [6.07, 6.45) is 5.38. The van der Waals surface area contributed by atoms with E-state index in [0.717, 1.165) is 23.5 Å². The number of carbonyl (C=O) groups excluding carboxylic acids is 1. The normalized spacial score (nSPS) is 29.7. The Labute approximate surface area is 135 Å². The Morgan fingerprint density at radius 1 is 1.45 bits per heavy atom. The van der Waals surface area contributed by atoms with Crippen molar-refractivity contribution in [1.29, 1.82) is 0 Å². The van der Waals surface area contributed by atoms with Gasteiger partial charge in [-0.15, -0.1) is 11.3 Å². The number of thiazole rings is 1. The number of aromatic nitrogens is 1. The topological polar surface area (TPSA) is 74.2 Å². The second kappa shape index (κ2) is 6.96. The third-order valence-electron chi connectivity index (χ3n) is 5.12. The molecule has 22 heavy (non-hydrogen) atoms. The van der Waals surface area contributed by atoms with Gasteiger partial charge in [-0.2, -0.15) is 0 Å². The molecule has 122 valence electrons. The summed E-state index contributed by atoms with van der Waals surface area (Å²) in [5, 5.41) is 18.8. The number of nitrogens with one attached hydrogen (secondary N) is 2. The predicted octanol–water partition coefficient (Wildman–Crippen LogP) is 2.09. The molecule has 1 aromatic heterocycles. The van der Waals surface area contributed by atoms with Crippen LogP contribution in [0, 0.1) is 24.7 Å². The molecule has 5 nitrogen and oxygen atoms in total. The number of amides is 2. The molecule has 2 bridgehead atoms. The standard InChI is InChI=1S/C16H25N3O2S/c1-10-9-22-14(18-10)3-2-6-17-16(21)19-15-12-5-4-11(7-12)13(15)8-20/h9,11-13,15,20H,2-8H2,1H3,(H2,17,19,21). The maximum absolute atomic E-state index is 12.0. The lowest BCUT2D eigenvalue weighted by molar-refractivity contribution is 0.144. The van der Waals surface area contributed by atoms with Crippen LogP contribution in [0.3, 0.4) is 0 Å². The van der Waals surface area contributed by atoms with Gasteiger partial charge in [-0.25, -0.2) is 9.78 Å². The van der Waals surface area contributed by atoms with E-state index < -0.39 is 0 Å². The molecule has 4 atom stereocenters. The summed E-state index contributed by atoms with van der Waals surface area (Å²) in [4.78, 5) is 16.5. The van der Waals surface area contributed by atoms with Gasteiger partial charge in [0.1, 0.15) is 0 Å². The quantitative estimate of drug-likeness (QED) is 0.702. The molecule has 1 heterocycles. The zero-order valence-electron chi connectivity index (χ0n) is 13.0. The van der Waals surface area contributed by atoms with Crippen molar-refractivity contribution >= 4 is 17.4 Å². The number of aliphatic hydroxyl groups excluding tert-OH is 1. The van der Waals surface area contributed by atoms with E-state index in [1.54, 1.807) is 11.3 Å². The molecule has 0 aliphatic heterocycles. The van der Waals surface area contributed by atoms with Crippen LogP contribution in [0.15, 0.2) is 5.38 Å². The molecule has 2 aliphatic carbocycles. The van der Waals surface area contributed by atoms with Crippen LogP contribution in [0.4, 0.5) is 4.79 Å². The fourth-order valence-corrected chi connectivity index (χ4v) is 4.88. The van der Waals surface area contributed by atoms with Crippen molar-refractivity contribution in [2.45, 2.75) is 45.1 Å². The molecule has 4 unspecified atom stereocenters. The van der Waals surface area contributed by atoms with Gasteiger partial charge in [0.25, 0.3) is 0 Å². The molecule has 1 aromatic rings. The first-order chi connectivity index (χ1) is 10.7. The second-order valence-corrected chi connectivity index (χ2v) is 7.53. The molecule has 2 aliphatic rings. The summed E-state index contributed by atoms with van der Waals surface area (Å²) in [6.45, 7) is 2.85. The minimum Gasteiger partial charge on any atom is -0.396 e. The molecule has 2 fully saturated rings. The SMILES string of the molecule is Cc1csc(CCCNC(=O)NC2C3CCC(C3)C2CO)n1. The number of carbonyl (C=O) groups is 1. The predicted molar refractivity (Wildman–Crippen MR) is 86.9 cm³/mol. The van der Waals surface area contributed by atoms with Gasteiger partial charge in [-0.1, -0.05) is 0 Å². The van der Waals surface area contributed by atoms with Crippen LogP contribution >= 0.6 is 11.3 Å². The number of aryl methyl sites for hydroxylation is 2. The summed E-state index contributed by atoms with van der Waals surface area (Å²) in [6, 6.07) is 0.0664. The van der Waals surface area contributed by atoms with Gasteiger partial charge in [0.2, 0.25) is 0 Å². The molecular weight excluding hydrogens is 298 g/mol. The Hall–Kier alpha value is -1.14. The number of hydrogen-bond donors (Lipinski definition) is 3. The molecule has 0 radical (unpaired) electrons. The van der Waals surface area contributed by atoms with Gasteiger partial charge < -0.3 is 15.7 Å². The molecule has 0 aromatic carbocycles. The van der Waals surface area contributed by atoms with Gasteiger partial charge in [0.05, 0.1) is 5.01 Å². The Bertz CT molecular complexity index is 519. The first-order valence-corrected chi connectivity index (χ1v) is 9.11. The van der Waals surface area contributed by atoms with Crippen molar-refractivity contribution in [3.05, 3.63) is 16.1 Å². The van der Waals surface area contributed by atoms with E-state index in [2.05, 4.69) is 21.0 Å². The van der Waals surface area contributed by atoms with Gasteiger partial charge in [0.15, 0.2) is 0 Å². The van der Waals surface area contributed by atoms with Crippen molar-refractivity contribution in [1.82, 2.24) is 15.6 Å². The third-order valence-corrected chi connectivity index (χ3v) is 6.14. The van der Waals surface area contributed by atoms with E-state index in [-0.39, 0.29) is 24.6 Å². The highest BCUT2D eigenvalue weighted by Crippen LogP contribution is 2.48. The Balaban J connectivity index is 1.37. The van der Waals surface area contributed by atoms with Gasteiger partial charge >= 0.3 is 6.03 Å². The molecule has 3 rings (SSSR count). The van der Waals surface area contributed by atoms with Gasteiger partial charge in [0, 0.05) is 42.6 Å². The van der Waals surface area contributed by atoms with Crippen LogP contribution in [-0.2, 0) is 6.42 Å². The highest BCUT2D eigenvalue weighted by atomic mass is 32.1. The number of nitrogens with zero attached hydrogens (tertiary/aromatic N) is 1. The van der Waals surface area contributed by atoms with E-state index >= 15 is 0 Å². The van der Waals surface area contributed by atoms with Crippen molar-refractivity contribution in [3.8, 4) is 0 Å². The Morgan fingerprint density at radius 2 is 2.27 bits per heavy atom. The van der Waals surface area contributed by atoms with Crippen LogP contribution in [0.25, 0.3) is 0 Å². The van der Waals surface area contributed by atoms with Crippen LogP contribution in [0.1, 0.15) is 36.4 Å². The maximum atomic E-state index is 12.0. The lowest BCUT2D eigenvalue weighted by Gasteiger charge is -2.30. The lowest BCUT2D eigenvalue weighted by atomic mass is 9.85. The summed E-state index contributed by atoms with van der Waals surface area (Å²) in [5.41, 5.74) is 1.07. The lowest BCUT2D eigenvalue weighted by Crippen LogP contribution is -2.49. The summed E-state index contributed by atoms with van der Waals surface area (Å²) < 4.78 is 0. The number of rotatable bonds is 6.